The minimum absolute atomic E-state index is 0.130. The Morgan fingerprint density at radius 3 is 2.58 bits per heavy atom. The van der Waals surface area contributed by atoms with Gasteiger partial charge in [0.1, 0.15) is 6.54 Å². The third kappa shape index (κ3) is 3.61. The van der Waals surface area contributed by atoms with Crippen LogP contribution in [-0.2, 0) is 11.3 Å². The van der Waals surface area contributed by atoms with Crippen molar-refractivity contribution in [2.75, 3.05) is 7.05 Å². The molecule has 2 N–H and O–H groups in total. The molecule has 3 rings (SSSR count). The highest BCUT2D eigenvalue weighted by molar-refractivity contribution is 6.04. The SMILES string of the molecule is CNC(=O)c1nn(CC(=O)N[C@@H]2CCCC[C@H]2C)c(=O)c2ccccc12. The molecule has 2 atom stereocenters. The first kappa shape index (κ1) is 18.1. The van der Waals surface area contributed by atoms with Crippen molar-refractivity contribution in [3.8, 4) is 0 Å². The van der Waals surface area contributed by atoms with Gasteiger partial charge in [-0.25, -0.2) is 4.68 Å². The third-order valence-electron chi connectivity index (χ3n) is 5.06. The smallest absolute Gasteiger partial charge is 0.275 e. The lowest BCUT2D eigenvalue weighted by molar-refractivity contribution is -0.123. The number of rotatable bonds is 4. The van der Waals surface area contributed by atoms with E-state index in [0.717, 1.165) is 23.9 Å². The molecule has 1 aliphatic rings. The van der Waals surface area contributed by atoms with Crippen LogP contribution in [0.5, 0.6) is 0 Å². The maximum atomic E-state index is 12.7. The number of aromatic nitrogens is 2. The molecule has 0 spiro atoms. The normalized spacial score (nSPS) is 19.9. The van der Waals surface area contributed by atoms with Gasteiger partial charge in [0, 0.05) is 18.5 Å². The predicted molar refractivity (Wildman–Crippen MR) is 99.0 cm³/mol. The van der Waals surface area contributed by atoms with Crippen LogP contribution in [0.2, 0.25) is 0 Å². The van der Waals surface area contributed by atoms with E-state index >= 15 is 0 Å². The number of hydrogen-bond acceptors (Lipinski definition) is 4. The van der Waals surface area contributed by atoms with Crippen LogP contribution in [0, 0.1) is 5.92 Å². The molecular formula is C19H24N4O3. The summed E-state index contributed by atoms with van der Waals surface area (Å²) in [7, 11) is 1.51. The zero-order valence-electron chi connectivity index (χ0n) is 15.1. The third-order valence-corrected chi connectivity index (χ3v) is 5.06. The van der Waals surface area contributed by atoms with Gasteiger partial charge in [-0.1, -0.05) is 38.0 Å². The van der Waals surface area contributed by atoms with Gasteiger partial charge < -0.3 is 10.6 Å². The van der Waals surface area contributed by atoms with Crippen LogP contribution >= 0.6 is 0 Å². The molecule has 0 aliphatic heterocycles. The molecule has 138 valence electrons. The number of carbonyl (C=O) groups excluding carboxylic acids is 2. The summed E-state index contributed by atoms with van der Waals surface area (Å²) in [4.78, 5) is 37.3. The Kier molecular flexibility index (Phi) is 5.35. The van der Waals surface area contributed by atoms with Gasteiger partial charge in [0.15, 0.2) is 5.69 Å². The number of nitrogens with one attached hydrogen (secondary N) is 2. The Labute approximate surface area is 151 Å². The fourth-order valence-electron chi connectivity index (χ4n) is 3.55. The molecule has 1 aromatic heterocycles. The fourth-order valence-corrected chi connectivity index (χ4v) is 3.55. The van der Waals surface area contributed by atoms with Crippen LogP contribution in [0.4, 0.5) is 0 Å². The highest BCUT2D eigenvalue weighted by atomic mass is 16.2. The largest absolute Gasteiger partial charge is 0.354 e. The first-order valence-electron chi connectivity index (χ1n) is 9.02. The highest BCUT2D eigenvalue weighted by Crippen LogP contribution is 2.23. The number of benzene rings is 1. The predicted octanol–water partition coefficient (Wildman–Crippen LogP) is 1.45. The summed E-state index contributed by atoms with van der Waals surface area (Å²) in [5.41, 5.74) is -0.235. The van der Waals surface area contributed by atoms with E-state index in [1.165, 1.54) is 13.5 Å². The van der Waals surface area contributed by atoms with Gasteiger partial charge in [-0.15, -0.1) is 0 Å². The lowest BCUT2D eigenvalue weighted by Crippen LogP contribution is -2.44. The maximum Gasteiger partial charge on any atom is 0.275 e. The number of amides is 2. The summed E-state index contributed by atoms with van der Waals surface area (Å²) in [6.45, 7) is 1.94. The average molecular weight is 356 g/mol. The van der Waals surface area contributed by atoms with Crippen molar-refractivity contribution in [1.29, 1.82) is 0 Å². The topological polar surface area (TPSA) is 93.1 Å². The second-order valence-corrected chi connectivity index (χ2v) is 6.87. The summed E-state index contributed by atoms with van der Waals surface area (Å²) in [5, 5.41) is 10.6. The number of nitrogens with zero attached hydrogens (tertiary/aromatic N) is 2. The van der Waals surface area contributed by atoms with E-state index in [-0.39, 0.29) is 29.7 Å². The second-order valence-electron chi connectivity index (χ2n) is 6.87. The Balaban J connectivity index is 1.89. The first-order valence-corrected chi connectivity index (χ1v) is 9.02. The van der Waals surface area contributed by atoms with E-state index in [2.05, 4.69) is 22.7 Å². The Bertz CT molecular complexity index is 890. The molecule has 1 aromatic carbocycles. The molecule has 1 aliphatic carbocycles. The second kappa shape index (κ2) is 7.68. The highest BCUT2D eigenvalue weighted by Gasteiger charge is 2.23. The molecule has 0 saturated heterocycles. The van der Waals surface area contributed by atoms with Crippen molar-refractivity contribution < 1.29 is 9.59 Å². The standard InChI is InChI=1S/C19H24N4O3/c1-12-7-3-6-10-15(12)21-16(24)11-23-19(26)14-9-5-4-8-13(14)17(22-23)18(25)20-2/h4-5,8-9,12,15H,3,6-7,10-11H2,1-2H3,(H,20,25)(H,21,24)/t12-,15-/m1/s1. The molecule has 2 amide bonds. The molecule has 1 saturated carbocycles. The number of fused-ring (bicyclic) bond motifs is 1. The van der Waals surface area contributed by atoms with Gasteiger partial charge in [-0.2, -0.15) is 5.10 Å². The zero-order chi connectivity index (χ0) is 18.7. The zero-order valence-corrected chi connectivity index (χ0v) is 15.1. The van der Waals surface area contributed by atoms with Gasteiger partial charge in [0.2, 0.25) is 5.91 Å². The van der Waals surface area contributed by atoms with Crippen molar-refractivity contribution in [3.05, 3.63) is 40.3 Å². The van der Waals surface area contributed by atoms with Crippen LogP contribution in [0.15, 0.2) is 29.1 Å². The number of hydrogen-bond donors (Lipinski definition) is 2. The summed E-state index contributed by atoms with van der Waals surface area (Å²) in [6, 6.07) is 6.93. The van der Waals surface area contributed by atoms with E-state index < -0.39 is 5.91 Å². The van der Waals surface area contributed by atoms with Crippen LogP contribution in [0.3, 0.4) is 0 Å². The van der Waals surface area contributed by atoms with Gasteiger partial charge >= 0.3 is 0 Å². The summed E-state index contributed by atoms with van der Waals surface area (Å²) >= 11 is 0. The van der Waals surface area contributed by atoms with Crippen molar-refractivity contribution in [3.63, 3.8) is 0 Å². The van der Waals surface area contributed by atoms with E-state index in [1.54, 1.807) is 24.3 Å². The van der Waals surface area contributed by atoms with Crippen molar-refractivity contribution in [2.24, 2.45) is 5.92 Å². The van der Waals surface area contributed by atoms with Crippen LogP contribution < -0.4 is 16.2 Å². The molecule has 1 heterocycles. The van der Waals surface area contributed by atoms with Crippen LogP contribution in [-0.4, -0.2) is 34.7 Å². The van der Waals surface area contributed by atoms with E-state index in [9.17, 15) is 14.4 Å². The average Bonchev–Trinajstić information content (AvgIpc) is 2.65. The maximum absolute atomic E-state index is 12.7. The van der Waals surface area contributed by atoms with Crippen molar-refractivity contribution in [2.45, 2.75) is 45.2 Å². The van der Waals surface area contributed by atoms with Crippen LogP contribution in [0.25, 0.3) is 10.8 Å². The molecular weight excluding hydrogens is 332 g/mol. The minimum Gasteiger partial charge on any atom is -0.354 e. The fraction of sp³-hybridized carbons (Fsp3) is 0.474. The Morgan fingerprint density at radius 2 is 1.88 bits per heavy atom. The molecule has 7 heteroatoms. The summed E-state index contributed by atoms with van der Waals surface area (Å²) in [5.74, 6) is -0.219. The summed E-state index contributed by atoms with van der Waals surface area (Å²) < 4.78 is 1.08. The lowest BCUT2D eigenvalue weighted by atomic mass is 9.86. The minimum atomic E-state index is -0.392. The van der Waals surface area contributed by atoms with E-state index in [4.69, 9.17) is 0 Å². The van der Waals surface area contributed by atoms with E-state index in [1.807, 2.05) is 0 Å². The quantitative estimate of drug-likeness (QED) is 0.867. The van der Waals surface area contributed by atoms with Gasteiger partial charge in [-0.3, -0.25) is 14.4 Å². The number of carbonyl (C=O) groups is 2. The molecule has 0 radical (unpaired) electrons. The van der Waals surface area contributed by atoms with Gasteiger partial charge in [-0.05, 0) is 24.8 Å². The lowest BCUT2D eigenvalue weighted by Gasteiger charge is -2.29. The first-order chi connectivity index (χ1) is 12.5. The monoisotopic (exact) mass is 356 g/mol. The molecule has 2 aromatic rings. The molecule has 0 unspecified atom stereocenters. The van der Waals surface area contributed by atoms with Gasteiger partial charge in [0.25, 0.3) is 11.5 Å². The molecule has 1 fully saturated rings. The molecule has 0 bridgehead atoms. The van der Waals surface area contributed by atoms with Crippen molar-refractivity contribution >= 4 is 22.6 Å². The van der Waals surface area contributed by atoms with Crippen LogP contribution in [0.1, 0.15) is 43.1 Å². The van der Waals surface area contributed by atoms with Crippen molar-refractivity contribution in [1.82, 2.24) is 20.4 Å². The summed E-state index contributed by atoms with van der Waals surface area (Å²) in [6.07, 6.45) is 4.34. The molecule has 7 nitrogen and oxygen atoms in total. The molecule has 26 heavy (non-hydrogen) atoms. The Morgan fingerprint density at radius 1 is 1.19 bits per heavy atom. The van der Waals surface area contributed by atoms with Gasteiger partial charge in [0.05, 0.1) is 5.39 Å². The Hall–Kier alpha value is -2.70. The van der Waals surface area contributed by atoms with E-state index in [0.29, 0.717) is 16.7 Å².